The fourth-order valence-electron chi connectivity index (χ4n) is 4.13. The van der Waals surface area contributed by atoms with Crippen LogP contribution in [0.1, 0.15) is 17.2 Å². The molecular weight excluding hydrogens is 385 g/mol. The van der Waals surface area contributed by atoms with Crippen LogP contribution in [0.5, 0.6) is 0 Å². The highest BCUT2D eigenvalue weighted by Gasteiger charge is 2.36. The van der Waals surface area contributed by atoms with E-state index >= 15 is 0 Å². The van der Waals surface area contributed by atoms with Crippen molar-refractivity contribution < 1.29 is 18.7 Å². The summed E-state index contributed by atoms with van der Waals surface area (Å²) < 4.78 is 24.2. The van der Waals surface area contributed by atoms with Crippen LogP contribution < -0.4 is 0 Å². The Morgan fingerprint density at radius 2 is 2.07 bits per heavy atom. The topological polar surface area (TPSA) is 54.9 Å². The van der Waals surface area contributed by atoms with Crippen LogP contribution in [0.15, 0.2) is 48.7 Å². The van der Waals surface area contributed by atoms with Gasteiger partial charge < -0.3 is 14.4 Å². The van der Waals surface area contributed by atoms with E-state index in [0.29, 0.717) is 19.7 Å². The molecule has 0 spiro atoms. The Kier molecular flexibility index (Phi) is 8.30. The quantitative estimate of drug-likeness (QED) is 0.597. The van der Waals surface area contributed by atoms with Gasteiger partial charge in [0, 0.05) is 59.1 Å². The smallest absolute Gasteiger partial charge is 0.248 e. The van der Waals surface area contributed by atoms with Gasteiger partial charge in [0.05, 0.1) is 12.3 Å². The first-order valence-electron chi connectivity index (χ1n) is 10.2. The summed E-state index contributed by atoms with van der Waals surface area (Å²) in [5.74, 6) is 0.00909. The number of carbonyl (C=O) groups excluding carboxylic acids is 1. The zero-order chi connectivity index (χ0) is 21.3. The van der Waals surface area contributed by atoms with Crippen molar-refractivity contribution in [2.24, 2.45) is 5.92 Å². The number of hydrogen-bond donors (Lipinski definition) is 0. The van der Waals surface area contributed by atoms with E-state index in [0.717, 1.165) is 30.9 Å². The summed E-state index contributed by atoms with van der Waals surface area (Å²) in [6.07, 6.45) is 1.79. The molecule has 2 heterocycles. The predicted octanol–water partition coefficient (Wildman–Crippen LogP) is 2.56. The van der Waals surface area contributed by atoms with Crippen molar-refractivity contribution >= 4 is 5.91 Å². The van der Waals surface area contributed by atoms with Crippen molar-refractivity contribution in [1.29, 1.82) is 0 Å². The number of carbonyl (C=O) groups is 1. The summed E-state index contributed by atoms with van der Waals surface area (Å²) in [6.45, 7) is 3.91. The van der Waals surface area contributed by atoms with Crippen LogP contribution in [0, 0.1) is 11.7 Å². The average Bonchev–Trinajstić information content (AvgIpc) is 3.14. The van der Waals surface area contributed by atoms with Gasteiger partial charge in [-0.15, -0.1) is 0 Å². The maximum atomic E-state index is 13.9. The lowest BCUT2D eigenvalue weighted by molar-refractivity contribution is -0.136. The highest BCUT2D eigenvalue weighted by molar-refractivity contribution is 5.77. The van der Waals surface area contributed by atoms with Crippen molar-refractivity contribution in [2.75, 3.05) is 53.6 Å². The molecular formula is C23H30FN3O3. The van der Waals surface area contributed by atoms with E-state index in [-0.39, 0.29) is 30.2 Å². The van der Waals surface area contributed by atoms with Crippen molar-refractivity contribution in [3.63, 3.8) is 0 Å². The van der Waals surface area contributed by atoms with E-state index in [4.69, 9.17) is 9.47 Å². The fourth-order valence-corrected chi connectivity index (χ4v) is 4.13. The lowest BCUT2D eigenvalue weighted by Crippen LogP contribution is -2.41. The van der Waals surface area contributed by atoms with Crippen molar-refractivity contribution in [2.45, 2.75) is 12.5 Å². The molecule has 1 amide bonds. The monoisotopic (exact) mass is 415 g/mol. The molecule has 0 aliphatic carbocycles. The molecule has 1 fully saturated rings. The van der Waals surface area contributed by atoms with Gasteiger partial charge in [-0.1, -0.05) is 18.2 Å². The zero-order valence-corrected chi connectivity index (χ0v) is 17.7. The number of amides is 1. The number of benzene rings is 1. The van der Waals surface area contributed by atoms with Crippen LogP contribution >= 0.6 is 0 Å². The van der Waals surface area contributed by atoms with Gasteiger partial charge in [-0.05, 0) is 35.7 Å². The first kappa shape index (κ1) is 22.3. The number of ether oxygens (including phenoxy) is 2. The summed E-state index contributed by atoms with van der Waals surface area (Å²) in [4.78, 5) is 21.1. The maximum absolute atomic E-state index is 13.9. The number of pyridine rings is 1. The summed E-state index contributed by atoms with van der Waals surface area (Å²) in [6, 6.07) is 12.7. The summed E-state index contributed by atoms with van der Waals surface area (Å²) in [5, 5.41) is 0. The standard InChI is InChI=1S/C23H30FN3O3/c1-29-11-10-27(23(28)17-30-2)14-19-13-26(15-21-8-3-4-9-25-21)16-22(19)18-6-5-7-20(24)12-18/h3-9,12,19,22H,10-11,13-17H2,1-2H3. The van der Waals surface area contributed by atoms with Crippen LogP contribution in [-0.2, 0) is 20.8 Å². The van der Waals surface area contributed by atoms with Gasteiger partial charge in [0.1, 0.15) is 12.4 Å². The first-order chi connectivity index (χ1) is 14.6. The van der Waals surface area contributed by atoms with Crippen LogP contribution in [0.3, 0.4) is 0 Å². The van der Waals surface area contributed by atoms with Crippen molar-refractivity contribution in [1.82, 2.24) is 14.8 Å². The highest BCUT2D eigenvalue weighted by atomic mass is 19.1. The third-order valence-corrected chi connectivity index (χ3v) is 5.55. The van der Waals surface area contributed by atoms with E-state index in [9.17, 15) is 9.18 Å². The Morgan fingerprint density at radius 3 is 2.77 bits per heavy atom. The van der Waals surface area contributed by atoms with Gasteiger partial charge >= 0.3 is 0 Å². The van der Waals surface area contributed by atoms with Gasteiger partial charge in [0.25, 0.3) is 0 Å². The van der Waals surface area contributed by atoms with Gasteiger partial charge in [-0.3, -0.25) is 14.7 Å². The number of aromatic nitrogens is 1. The zero-order valence-electron chi connectivity index (χ0n) is 17.7. The number of halogens is 1. The lowest BCUT2D eigenvalue weighted by Gasteiger charge is -2.28. The minimum absolute atomic E-state index is 0.0404. The molecule has 3 rings (SSSR count). The van der Waals surface area contributed by atoms with Gasteiger partial charge in [0.15, 0.2) is 0 Å². The molecule has 1 aliphatic heterocycles. The number of methoxy groups -OCH3 is 2. The number of rotatable bonds is 10. The predicted molar refractivity (Wildman–Crippen MR) is 112 cm³/mol. The Bertz CT molecular complexity index is 805. The van der Waals surface area contributed by atoms with Crippen LogP contribution in [0.2, 0.25) is 0 Å². The lowest BCUT2D eigenvalue weighted by atomic mass is 9.88. The molecule has 0 radical (unpaired) electrons. The molecule has 1 saturated heterocycles. The van der Waals surface area contributed by atoms with Gasteiger partial charge in [-0.2, -0.15) is 0 Å². The normalized spacial score (nSPS) is 19.2. The van der Waals surface area contributed by atoms with Crippen molar-refractivity contribution in [3.05, 3.63) is 65.7 Å². The second kappa shape index (κ2) is 11.2. The Morgan fingerprint density at radius 1 is 1.20 bits per heavy atom. The van der Waals surface area contributed by atoms with E-state index in [1.807, 2.05) is 24.3 Å². The molecule has 2 atom stereocenters. The van der Waals surface area contributed by atoms with Gasteiger partial charge in [-0.25, -0.2) is 4.39 Å². The number of likely N-dealkylation sites (tertiary alicyclic amines) is 1. The maximum Gasteiger partial charge on any atom is 0.248 e. The van der Waals surface area contributed by atoms with Crippen LogP contribution in [0.4, 0.5) is 4.39 Å². The molecule has 0 N–H and O–H groups in total. The van der Waals surface area contributed by atoms with E-state index in [1.165, 1.54) is 13.2 Å². The van der Waals surface area contributed by atoms with Crippen molar-refractivity contribution in [3.8, 4) is 0 Å². The number of hydrogen-bond acceptors (Lipinski definition) is 5. The highest BCUT2D eigenvalue weighted by Crippen LogP contribution is 2.34. The molecule has 1 aliphatic rings. The largest absolute Gasteiger partial charge is 0.383 e. The Balaban J connectivity index is 1.78. The fraction of sp³-hybridized carbons (Fsp3) is 0.478. The third kappa shape index (κ3) is 6.08. The Labute approximate surface area is 177 Å². The van der Waals surface area contributed by atoms with Crippen LogP contribution in [-0.4, -0.2) is 74.3 Å². The van der Waals surface area contributed by atoms with E-state index in [2.05, 4.69) is 9.88 Å². The van der Waals surface area contributed by atoms with E-state index < -0.39 is 0 Å². The summed E-state index contributed by atoms with van der Waals surface area (Å²) in [5.41, 5.74) is 1.97. The minimum Gasteiger partial charge on any atom is -0.383 e. The molecule has 1 aromatic heterocycles. The first-order valence-corrected chi connectivity index (χ1v) is 10.2. The minimum atomic E-state index is -0.235. The molecule has 6 nitrogen and oxygen atoms in total. The molecule has 2 aromatic rings. The number of nitrogens with zero attached hydrogens (tertiary/aromatic N) is 3. The summed E-state index contributed by atoms with van der Waals surface area (Å²) in [7, 11) is 3.14. The van der Waals surface area contributed by atoms with E-state index in [1.54, 1.807) is 30.3 Å². The van der Waals surface area contributed by atoms with Crippen LogP contribution in [0.25, 0.3) is 0 Å². The SMILES string of the molecule is COCCN(CC1CN(Cc2ccccn2)CC1c1cccc(F)c1)C(=O)COC. The molecule has 0 bridgehead atoms. The third-order valence-electron chi connectivity index (χ3n) is 5.55. The molecule has 7 heteroatoms. The molecule has 0 saturated carbocycles. The molecule has 1 aromatic carbocycles. The molecule has 2 unspecified atom stereocenters. The van der Waals surface area contributed by atoms with Gasteiger partial charge in [0.2, 0.25) is 5.91 Å². The molecule has 162 valence electrons. The molecule has 30 heavy (non-hydrogen) atoms. The second-order valence-corrected chi connectivity index (χ2v) is 7.70. The Hall–Kier alpha value is -2.35. The summed E-state index contributed by atoms with van der Waals surface area (Å²) >= 11 is 0. The second-order valence-electron chi connectivity index (χ2n) is 7.70. The average molecular weight is 416 g/mol.